The first-order valence-corrected chi connectivity index (χ1v) is 7.85. The van der Waals surface area contributed by atoms with Crippen LogP contribution in [0, 0.1) is 0 Å². The van der Waals surface area contributed by atoms with Crippen LogP contribution in [0.5, 0.6) is 0 Å². The van der Waals surface area contributed by atoms with Crippen molar-refractivity contribution in [3.05, 3.63) is 27.9 Å². The van der Waals surface area contributed by atoms with E-state index in [2.05, 4.69) is 24.1 Å². The van der Waals surface area contributed by atoms with E-state index < -0.39 is 0 Å². The highest BCUT2D eigenvalue weighted by Gasteiger charge is 2.14. The lowest BCUT2D eigenvalue weighted by Crippen LogP contribution is -2.33. The lowest BCUT2D eigenvalue weighted by atomic mass is 10.2. The van der Waals surface area contributed by atoms with E-state index in [0.29, 0.717) is 5.69 Å². The molecule has 5 heteroatoms. The van der Waals surface area contributed by atoms with E-state index in [1.807, 2.05) is 22.2 Å². The molecule has 0 atom stereocenters. The van der Waals surface area contributed by atoms with Crippen molar-refractivity contribution < 1.29 is 4.79 Å². The summed E-state index contributed by atoms with van der Waals surface area (Å²) in [6.45, 7) is 4.15. The van der Waals surface area contributed by atoms with Crippen LogP contribution < -0.4 is 5.32 Å². The van der Waals surface area contributed by atoms with E-state index in [4.69, 9.17) is 0 Å². The lowest BCUT2D eigenvalue weighted by Gasteiger charge is -2.13. The maximum absolute atomic E-state index is 12.0. The minimum Gasteiger partial charge on any atom is -0.348 e. The first kappa shape index (κ1) is 13.2. The molecule has 0 bridgehead atoms. The molecule has 2 heterocycles. The van der Waals surface area contributed by atoms with Gasteiger partial charge in [0.1, 0.15) is 10.7 Å². The van der Waals surface area contributed by atoms with E-state index >= 15 is 0 Å². The Morgan fingerprint density at radius 1 is 1.39 bits per heavy atom. The molecule has 0 radical (unpaired) electrons. The summed E-state index contributed by atoms with van der Waals surface area (Å²) in [5.41, 5.74) is 1.61. The average Bonchev–Trinajstić information content (AvgIpc) is 3.04. The molecule has 0 aliphatic carbocycles. The quantitative estimate of drug-likeness (QED) is 0.905. The van der Waals surface area contributed by atoms with Crippen molar-refractivity contribution >= 4 is 28.6 Å². The highest BCUT2D eigenvalue weighted by Crippen LogP contribution is 2.25. The highest BCUT2D eigenvalue weighted by atomic mass is 32.1. The Kier molecular flexibility index (Phi) is 4.49. The van der Waals surface area contributed by atoms with Crippen molar-refractivity contribution in [3.63, 3.8) is 0 Å². The molecule has 0 spiro atoms. The first-order chi connectivity index (χ1) is 8.74. The number of aromatic nitrogens is 1. The summed E-state index contributed by atoms with van der Waals surface area (Å²) in [7, 11) is 0. The fourth-order valence-corrected chi connectivity index (χ4v) is 3.16. The van der Waals surface area contributed by atoms with Crippen LogP contribution in [-0.4, -0.2) is 16.9 Å². The van der Waals surface area contributed by atoms with E-state index in [1.54, 1.807) is 11.3 Å². The van der Waals surface area contributed by atoms with Gasteiger partial charge < -0.3 is 5.32 Å². The van der Waals surface area contributed by atoms with Crippen LogP contribution in [-0.2, 0) is 0 Å². The molecule has 1 N–H and O–H groups in total. The standard InChI is InChI=1S/C13H16N2OS2/c1-3-10(4-2)14-12(16)11-8-18-13(15-11)9-5-6-17-7-9/h5-8,10H,3-4H2,1-2H3,(H,14,16). The summed E-state index contributed by atoms with van der Waals surface area (Å²) in [6, 6.07) is 2.26. The van der Waals surface area contributed by atoms with Gasteiger partial charge in [0.25, 0.3) is 5.91 Å². The molecule has 2 aromatic rings. The second-order valence-electron chi connectivity index (χ2n) is 4.04. The molecule has 2 rings (SSSR count). The van der Waals surface area contributed by atoms with Crippen LogP contribution in [0.3, 0.4) is 0 Å². The summed E-state index contributed by atoms with van der Waals surface area (Å²) in [6.07, 6.45) is 1.90. The van der Waals surface area contributed by atoms with Gasteiger partial charge in [-0.3, -0.25) is 4.79 Å². The SMILES string of the molecule is CCC(CC)NC(=O)c1csc(-c2ccsc2)n1. The maximum Gasteiger partial charge on any atom is 0.270 e. The van der Waals surface area contributed by atoms with Crippen molar-refractivity contribution in [2.24, 2.45) is 0 Å². The summed E-state index contributed by atoms with van der Waals surface area (Å²) in [5, 5.41) is 9.79. The smallest absolute Gasteiger partial charge is 0.270 e. The zero-order valence-electron chi connectivity index (χ0n) is 10.5. The van der Waals surface area contributed by atoms with E-state index in [-0.39, 0.29) is 11.9 Å². The van der Waals surface area contributed by atoms with Crippen molar-refractivity contribution in [2.45, 2.75) is 32.7 Å². The highest BCUT2D eigenvalue weighted by molar-refractivity contribution is 7.14. The van der Waals surface area contributed by atoms with Crippen molar-refractivity contribution in [3.8, 4) is 10.6 Å². The third-order valence-electron chi connectivity index (χ3n) is 2.83. The number of rotatable bonds is 5. The summed E-state index contributed by atoms with van der Waals surface area (Å²) < 4.78 is 0. The number of carbonyl (C=O) groups is 1. The van der Waals surface area contributed by atoms with Crippen LogP contribution in [0.4, 0.5) is 0 Å². The summed E-state index contributed by atoms with van der Waals surface area (Å²) in [5.74, 6) is -0.0681. The molecule has 3 nitrogen and oxygen atoms in total. The second kappa shape index (κ2) is 6.11. The number of hydrogen-bond acceptors (Lipinski definition) is 4. The number of nitrogens with one attached hydrogen (secondary N) is 1. The number of nitrogens with zero attached hydrogens (tertiary/aromatic N) is 1. The van der Waals surface area contributed by atoms with Gasteiger partial charge in [0.05, 0.1) is 0 Å². The van der Waals surface area contributed by atoms with E-state index in [0.717, 1.165) is 23.4 Å². The topological polar surface area (TPSA) is 42.0 Å². The molecule has 0 unspecified atom stereocenters. The van der Waals surface area contributed by atoms with Crippen LogP contribution >= 0.6 is 22.7 Å². The van der Waals surface area contributed by atoms with Gasteiger partial charge in [-0.05, 0) is 24.3 Å². The minimum atomic E-state index is -0.0681. The molecule has 0 saturated carbocycles. The van der Waals surface area contributed by atoms with Gasteiger partial charge in [0.15, 0.2) is 0 Å². The molecule has 0 aliphatic heterocycles. The fraction of sp³-hybridized carbons (Fsp3) is 0.385. The zero-order valence-corrected chi connectivity index (χ0v) is 12.1. The number of thiophene rings is 1. The summed E-state index contributed by atoms with van der Waals surface area (Å²) >= 11 is 3.15. The Morgan fingerprint density at radius 3 is 2.78 bits per heavy atom. The fourth-order valence-electron chi connectivity index (χ4n) is 1.65. The minimum absolute atomic E-state index is 0.0681. The zero-order chi connectivity index (χ0) is 13.0. The van der Waals surface area contributed by atoms with Crippen LogP contribution in [0.25, 0.3) is 10.6 Å². The molecule has 96 valence electrons. The molecule has 0 aromatic carbocycles. The van der Waals surface area contributed by atoms with Gasteiger partial charge in [0, 0.05) is 22.4 Å². The van der Waals surface area contributed by atoms with Gasteiger partial charge in [-0.1, -0.05) is 13.8 Å². The van der Waals surface area contributed by atoms with Crippen molar-refractivity contribution in [1.29, 1.82) is 0 Å². The Morgan fingerprint density at radius 2 is 2.17 bits per heavy atom. The monoisotopic (exact) mass is 280 g/mol. The normalized spacial score (nSPS) is 10.8. The van der Waals surface area contributed by atoms with Gasteiger partial charge in [0.2, 0.25) is 0 Å². The van der Waals surface area contributed by atoms with E-state index in [9.17, 15) is 4.79 Å². The first-order valence-electron chi connectivity index (χ1n) is 6.03. The molecular formula is C13H16N2OS2. The van der Waals surface area contributed by atoms with Crippen molar-refractivity contribution in [2.75, 3.05) is 0 Å². The molecule has 1 amide bonds. The molecule has 0 aliphatic rings. The van der Waals surface area contributed by atoms with Gasteiger partial charge in [-0.15, -0.1) is 11.3 Å². The predicted molar refractivity (Wildman–Crippen MR) is 77.3 cm³/mol. The third-order valence-corrected chi connectivity index (χ3v) is 4.40. The molecule has 18 heavy (non-hydrogen) atoms. The Balaban J connectivity index is 2.08. The van der Waals surface area contributed by atoms with Gasteiger partial charge >= 0.3 is 0 Å². The van der Waals surface area contributed by atoms with Gasteiger partial charge in [-0.2, -0.15) is 11.3 Å². The Bertz CT molecular complexity index is 501. The Hall–Kier alpha value is -1.20. The lowest BCUT2D eigenvalue weighted by molar-refractivity contribution is 0.0930. The number of amides is 1. The largest absolute Gasteiger partial charge is 0.348 e. The Labute approximate surface area is 115 Å². The average molecular weight is 280 g/mol. The maximum atomic E-state index is 12.0. The predicted octanol–water partition coefficient (Wildman–Crippen LogP) is 3.79. The van der Waals surface area contributed by atoms with Crippen LogP contribution in [0.1, 0.15) is 37.2 Å². The molecule has 0 fully saturated rings. The number of thiazole rings is 1. The summed E-state index contributed by atoms with van der Waals surface area (Å²) in [4.78, 5) is 16.4. The molecular weight excluding hydrogens is 264 g/mol. The van der Waals surface area contributed by atoms with Gasteiger partial charge in [-0.25, -0.2) is 4.98 Å². The van der Waals surface area contributed by atoms with E-state index in [1.165, 1.54) is 11.3 Å². The number of hydrogen-bond donors (Lipinski definition) is 1. The molecule has 0 saturated heterocycles. The van der Waals surface area contributed by atoms with Crippen molar-refractivity contribution in [1.82, 2.24) is 10.3 Å². The molecule has 2 aromatic heterocycles. The number of carbonyl (C=O) groups excluding carboxylic acids is 1. The van der Waals surface area contributed by atoms with Crippen LogP contribution in [0.15, 0.2) is 22.2 Å². The third kappa shape index (κ3) is 2.97. The van der Waals surface area contributed by atoms with Crippen LogP contribution in [0.2, 0.25) is 0 Å². The second-order valence-corrected chi connectivity index (χ2v) is 5.67.